The van der Waals surface area contributed by atoms with Crippen LogP contribution < -0.4 is 40.4 Å². The van der Waals surface area contributed by atoms with Crippen molar-refractivity contribution in [1.82, 2.24) is 25.3 Å². The first-order valence-corrected chi connectivity index (χ1v) is 30.0. The van der Waals surface area contributed by atoms with Crippen molar-refractivity contribution in [1.29, 1.82) is 0 Å². The van der Waals surface area contributed by atoms with Crippen LogP contribution in [-0.4, -0.2) is 167 Å². The number of hydrogen-bond donors (Lipinski definition) is 4. The summed E-state index contributed by atoms with van der Waals surface area (Å²) in [5.41, 5.74) is 2.68. The summed E-state index contributed by atoms with van der Waals surface area (Å²) < 4.78 is 39.5. The Balaban J connectivity index is 0.956. The zero-order valence-corrected chi connectivity index (χ0v) is 51.1. The van der Waals surface area contributed by atoms with Crippen molar-refractivity contribution in [3.8, 4) is 17.2 Å². The molecule has 4 aromatic rings. The molecule has 23 heteroatoms. The fourth-order valence-electron chi connectivity index (χ4n) is 10.5. The van der Waals surface area contributed by atoms with Crippen LogP contribution in [0.2, 0.25) is 0 Å². The maximum absolute atomic E-state index is 14.4. The van der Waals surface area contributed by atoms with Crippen molar-refractivity contribution in [2.75, 3.05) is 108 Å². The van der Waals surface area contributed by atoms with Gasteiger partial charge in [-0.25, -0.2) is 19.2 Å². The van der Waals surface area contributed by atoms with E-state index in [0.717, 1.165) is 35.1 Å². The average Bonchev–Trinajstić information content (AvgIpc) is 1.86. The third-order valence-corrected chi connectivity index (χ3v) is 15.3. The molecule has 0 spiro atoms. The van der Waals surface area contributed by atoms with Crippen molar-refractivity contribution < 1.29 is 66.7 Å². The summed E-state index contributed by atoms with van der Waals surface area (Å²) in [6.45, 7) is 14.7. The van der Waals surface area contributed by atoms with Gasteiger partial charge in [-0.1, -0.05) is 49.1 Å². The SMILES string of the molecule is C=CCOC(=O)N[C@H](CCCCNC(=O)OC(C)(C)C)CNc1ccc(COC(=O)Nc2cc(OCCCCCC(=O)N3C[C@@H](CCl)c4c3cc(OC(=O)N3CCN(C)CC3)c3ccccc43)c(OC)cc2C(=O)N2CCC[C@H]2COC(C)=O)cc1. The van der Waals surface area contributed by atoms with Crippen LogP contribution in [0.1, 0.15) is 113 Å². The van der Waals surface area contributed by atoms with Crippen molar-refractivity contribution >= 4 is 81.6 Å². The molecule has 6 amide bonds. The standard InChI is InChI=1S/C63H83ClN8O14/c1-8-32-82-60(77)67-46(17-13-14-26-65-59(76)86-63(3,4)5)38-66-45-24-22-43(23-25-45)40-84-61(78)68-51-35-55(54(80-7)34-50(51)58(75)71-27-16-18-47(71)41-83-42(2)73)81-33-15-9-10-21-56(74)72-39-44(37-64)57-49-20-12-11-19-48(49)53(36-52(57)72)85-62(79)70-30-28-69(6)29-31-70/h8,11-12,19-20,22-25,34-36,44,46-47,66H,1,9-10,13-18,21,26-33,37-41H2,2-7H3,(H,65,76)(H,67,77)(H,68,78)/t44-,46-,47+/m1/s1. The van der Waals surface area contributed by atoms with E-state index in [4.69, 9.17) is 44.8 Å². The van der Waals surface area contributed by atoms with Gasteiger partial charge >= 0.3 is 30.3 Å². The van der Waals surface area contributed by atoms with E-state index in [1.54, 1.807) is 53.7 Å². The highest BCUT2D eigenvalue weighted by atomic mass is 35.5. The Labute approximate surface area is 508 Å². The number of likely N-dealkylation sites (N-methyl/N-ethyl adjacent to an activating group) is 1. The first-order chi connectivity index (χ1) is 41.3. The van der Waals surface area contributed by atoms with Crippen LogP contribution in [0.5, 0.6) is 17.2 Å². The number of ether oxygens (including phenoxy) is 7. The number of esters is 1. The number of anilines is 3. The Hall–Kier alpha value is -7.98. The zero-order valence-electron chi connectivity index (χ0n) is 50.3. The molecular weight excluding hydrogens is 1130 g/mol. The van der Waals surface area contributed by atoms with Gasteiger partial charge in [-0.15, -0.1) is 11.6 Å². The number of rotatable bonds is 27. The van der Waals surface area contributed by atoms with Crippen molar-refractivity contribution in [2.24, 2.45) is 0 Å². The monoisotopic (exact) mass is 1210 g/mol. The van der Waals surface area contributed by atoms with Crippen molar-refractivity contribution in [3.05, 3.63) is 96.1 Å². The van der Waals surface area contributed by atoms with Gasteiger partial charge in [0.2, 0.25) is 5.91 Å². The lowest BCUT2D eigenvalue weighted by molar-refractivity contribution is -0.142. The quantitative estimate of drug-likeness (QED) is 0.0143. The Morgan fingerprint density at radius 3 is 2.29 bits per heavy atom. The molecule has 0 aromatic heterocycles. The third-order valence-electron chi connectivity index (χ3n) is 14.9. The molecule has 86 heavy (non-hydrogen) atoms. The van der Waals surface area contributed by atoms with Crippen LogP contribution in [-0.2, 0) is 35.1 Å². The molecule has 2 fully saturated rings. The highest BCUT2D eigenvalue weighted by Crippen LogP contribution is 2.46. The summed E-state index contributed by atoms with van der Waals surface area (Å²) in [7, 11) is 3.47. The van der Waals surface area contributed by atoms with E-state index < -0.39 is 41.9 Å². The van der Waals surface area contributed by atoms with E-state index in [1.165, 1.54) is 32.2 Å². The van der Waals surface area contributed by atoms with E-state index in [1.807, 2.05) is 43.4 Å². The van der Waals surface area contributed by atoms with Gasteiger partial charge in [-0.3, -0.25) is 19.7 Å². The summed E-state index contributed by atoms with van der Waals surface area (Å²) in [5, 5.41) is 13.4. The smallest absolute Gasteiger partial charge is 0.415 e. The Morgan fingerprint density at radius 1 is 0.826 bits per heavy atom. The second-order valence-corrected chi connectivity index (χ2v) is 22.9. The molecule has 4 aromatic carbocycles. The minimum Gasteiger partial charge on any atom is -0.493 e. The van der Waals surface area contributed by atoms with E-state index in [0.29, 0.717) is 114 Å². The van der Waals surface area contributed by atoms with Gasteiger partial charge in [0.25, 0.3) is 5.91 Å². The number of nitrogens with one attached hydrogen (secondary N) is 4. The normalized spacial score (nSPS) is 16.1. The number of alkyl carbamates (subject to hydrolysis) is 2. The van der Waals surface area contributed by atoms with Gasteiger partial charge in [0.15, 0.2) is 11.5 Å². The molecule has 3 aliphatic heterocycles. The summed E-state index contributed by atoms with van der Waals surface area (Å²) in [4.78, 5) is 99.0. The van der Waals surface area contributed by atoms with E-state index >= 15 is 0 Å². The molecule has 4 N–H and O–H groups in total. The van der Waals surface area contributed by atoms with E-state index in [9.17, 15) is 33.6 Å². The number of hydrogen-bond acceptors (Lipinski definition) is 16. The molecule has 466 valence electrons. The number of nitrogens with zero attached hydrogens (tertiary/aromatic N) is 4. The second-order valence-electron chi connectivity index (χ2n) is 22.6. The van der Waals surface area contributed by atoms with Crippen molar-refractivity contribution in [3.63, 3.8) is 0 Å². The minimum atomic E-state index is -0.840. The minimum absolute atomic E-state index is 0.0227. The number of piperazine rings is 1. The van der Waals surface area contributed by atoms with Crippen LogP contribution in [0, 0.1) is 0 Å². The van der Waals surface area contributed by atoms with Crippen LogP contribution in [0.4, 0.5) is 36.2 Å². The first-order valence-electron chi connectivity index (χ1n) is 29.5. The summed E-state index contributed by atoms with van der Waals surface area (Å²) in [6, 6.07) is 19.1. The Kier molecular flexibility index (Phi) is 24.4. The van der Waals surface area contributed by atoms with Crippen LogP contribution in [0.15, 0.2) is 79.4 Å². The predicted molar refractivity (Wildman–Crippen MR) is 328 cm³/mol. The van der Waals surface area contributed by atoms with E-state index in [2.05, 4.69) is 32.7 Å². The highest BCUT2D eigenvalue weighted by Gasteiger charge is 2.36. The Bertz CT molecular complexity index is 3000. The molecule has 0 aliphatic carbocycles. The third kappa shape index (κ3) is 19.0. The number of carbonyl (C=O) groups excluding carboxylic acids is 7. The summed E-state index contributed by atoms with van der Waals surface area (Å²) >= 11 is 6.55. The lowest BCUT2D eigenvalue weighted by Gasteiger charge is -2.31. The topological polar surface area (TPSA) is 245 Å². The number of amides is 6. The summed E-state index contributed by atoms with van der Waals surface area (Å²) in [5.74, 6) is 0.145. The second kappa shape index (κ2) is 32.0. The van der Waals surface area contributed by atoms with Gasteiger partial charge in [0, 0.05) is 107 Å². The fourth-order valence-corrected chi connectivity index (χ4v) is 10.7. The number of likely N-dealkylation sites (tertiary alicyclic amines) is 1. The molecule has 3 heterocycles. The molecule has 3 aliphatic rings. The summed E-state index contributed by atoms with van der Waals surface area (Å²) in [6.07, 6.45) is 4.37. The van der Waals surface area contributed by atoms with Gasteiger partial charge in [0.05, 0.1) is 36.7 Å². The van der Waals surface area contributed by atoms with Crippen LogP contribution in [0.25, 0.3) is 10.8 Å². The zero-order chi connectivity index (χ0) is 61.8. The van der Waals surface area contributed by atoms with Crippen LogP contribution in [0.3, 0.4) is 0 Å². The number of fused-ring (bicyclic) bond motifs is 3. The Morgan fingerprint density at radius 2 is 1.58 bits per heavy atom. The highest BCUT2D eigenvalue weighted by molar-refractivity contribution is 6.19. The predicted octanol–water partition coefficient (Wildman–Crippen LogP) is 10.2. The largest absolute Gasteiger partial charge is 0.493 e. The van der Waals surface area contributed by atoms with Gasteiger partial charge in [-0.05, 0) is 114 Å². The molecule has 0 saturated carbocycles. The first kappa shape index (κ1) is 65.6. The van der Waals surface area contributed by atoms with Gasteiger partial charge < -0.3 is 68.7 Å². The van der Waals surface area contributed by atoms with Gasteiger partial charge in [0.1, 0.15) is 31.2 Å². The van der Waals surface area contributed by atoms with Gasteiger partial charge in [-0.2, -0.15) is 0 Å². The molecule has 0 bridgehead atoms. The molecule has 3 atom stereocenters. The number of benzene rings is 4. The number of halogens is 1. The number of carbonyl (C=O) groups is 7. The molecule has 0 radical (unpaired) electrons. The average molecular weight is 1210 g/mol. The number of methoxy groups -OCH3 is 1. The number of unbranched alkanes of at least 4 members (excludes halogenated alkanes) is 3. The molecule has 22 nitrogen and oxygen atoms in total. The van der Waals surface area contributed by atoms with Crippen molar-refractivity contribution in [2.45, 2.75) is 116 Å². The molecule has 7 rings (SSSR count). The maximum atomic E-state index is 14.4. The maximum Gasteiger partial charge on any atom is 0.415 e. The lowest BCUT2D eigenvalue weighted by atomic mass is 9.95. The number of alkyl halides is 1. The van der Waals surface area contributed by atoms with E-state index in [-0.39, 0.29) is 79.5 Å². The van der Waals surface area contributed by atoms with Crippen LogP contribution >= 0.6 is 11.6 Å². The lowest BCUT2D eigenvalue weighted by Crippen LogP contribution is -2.48. The molecular formula is C63H83ClN8O14. The molecule has 2 saturated heterocycles. The fraction of sp³-hybridized carbons (Fsp3) is 0.508. The molecule has 0 unspecified atom stereocenters.